The number of carbonyl (C=O) groups excluding carboxylic acids is 1. The van der Waals surface area contributed by atoms with Crippen LogP contribution < -0.4 is 4.90 Å². The number of fused-ring (bicyclic) bond motifs is 2. The van der Waals surface area contributed by atoms with Crippen molar-refractivity contribution in [2.75, 3.05) is 24.5 Å². The molecular weight excluding hydrogens is 300 g/mol. The number of anilines is 2. The summed E-state index contributed by atoms with van der Waals surface area (Å²) in [5.41, 5.74) is 3.54. The number of benzene rings is 2. The molecule has 0 spiro atoms. The van der Waals surface area contributed by atoms with Gasteiger partial charge in [0.2, 0.25) is 5.91 Å². The molecule has 1 amide bonds. The van der Waals surface area contributed by atoms with Crippen LogP contribution in [0.5, 0.6) is 5.75 Å². The minimum atomic E-state index is 0.0601. The first-order valence-electron chi connectivity index (χ1n) is 8.38. The van der Waals surface area contributed by atoms with Gasteiger partial charge in [-0.25, -0.2) is 0 Å². The molecule has 0 unspecified atom stereocenters. The summed E-state index contributed by atoms with van der Waals surface area (Å²) >= 11 is 0. The maximum absolute atomic E-state index is 13.0. The summed E-state index contributed by atoms with van der Waals surface area (Å²) in [6, 6.07) is 13.1. The normalized spacial score (nSPS) is 16.1. The van der Waals surface area contributed by atoms with E-state index >= 15 is 0 Å². The average Bonchev–Trinajstić information content (AvgIpc) is 2.69. The fourth-order valence-corrected chi connectivity index (χ4v) is 3.25. The summed E-state index contributed by atoms with van der Waals surface area (Å²) in [4.78, 5) is 17.1. The zero-order chi connectivity index (χ0) is 16.5. The number of carbonyl (C=O) groups is 1. The zero-order valence-electron chi connectivity index (χ0n) is 13.5. The first-order valence-corrected chi connectivity index (χ1v) is 8.38. The number of rotatable bonds is 3. The van der Waals surface area contributed by atoms with E-state index in [-0.39, 0.29) is 11.7 Å². The SMILES string of the molecule is O=C(CCN1CCC1)N1c2ccccc2C=Cc2ccc(O)cc21. The predicted molar refractivity (Wildman–Crippen MR) is 96.3 cm³/mol. The molecule has 0 radical (unpaired) electrons. The van der Waals surface area contributed by atoms with E-state index in [1.807, 2.05) is 42.5 Å². The second kappa shape index (κ2) is 6.13. The lowest BCUT2D eigenvalue weighted by Crippen LogP contribution is -2.40. The Kier molecular flexibility index (Phi) is 3.82. The van der Waals surface area contributed by atoms with Crippen LogP contribution >= 0.6 is 0 Å². The number of hydrogen-bond acceptors (Lipinski definition) is 3. The van der Waals surface area contributed by atoms with Gasteiger partial charge >= 0.3 is 0 Å². The van der Waals surface area contributed by atoms with Crippen LogP contribution in [-0.2, 0) is 4.79 Å². The first-order chi connectivity index (χ1) is 11.7. The summed E-state index contributed by atoms with van der Waals surface area (Å²) in [6.07, 6.45) is 5.72. The smallest absolute Gasteiger partial charge is 0.232 e. The lowest BCUT2D eigenvalue weighted by atomic mass is 10.1. The fourth-order valence-electron chi connectivity index (χ4n) is 3.25. The molecule has 0 aliphatic carbocycles. The van der Waals surface area contributed by atoms with Gasteiger partial charge in [-0.3, -0.25) is 9.69 Å². The molecule has 2 aromatic rings. The van der Waals surface area contributed by atoms with E-state index in [0.717, 1.165) is 42.1 Å². The number of hydrogen-bond donors (Lipinski definition) is 1. The molecule has 24 heavy (non-hydrogen) atoms. The third kappa shape index (κ3) is 2.69. The zero-order valence-corrected chi connectivity index (χ0v) is 13.5. The van der Waals surface area contributed by atoms with Gasteiger partial charge in [-0.1, -0.05) is 30.4 Å². The quantitative estimate of drug-likeness (QED) is 0.939. The first kappa shape index (κ1) is 15.0. The topological polar surface area (TPSA) is 43.8 Å². The Morgan fingerprint density at radius 1 is 1.00 bits per heavy atom. The molecule has 4 heteroatoms. The molecule has 1 saturated heterocycles. The maximum atomic E-state index is 13.0. The van der Waals surface area contributed by atoms with E-state index in [2.05, 4.69) is 4.90 Å². The van der Waals surface area contributed by atoms with E-state index in [9.17, 15) is 9.90 Å². The Morgan fingerprint density at radius 2 is 1.75 bits per heavy atom. The molecule has 0 saturated carbocycles. The largest absolute Gasteiger partial charge is 0.508 e. The van der Waals surface area contributed by atoms with Crippen LogP contribution in [0.25, 0.3) is 12.2 Å². The molecule has 4 rings (SSSR count). The van der Waals surface area contributed by atoms with Crippen molar-refractivity contribution in [3.05, 3.63) is 53.6 Å². The van der Waals surface area contributed by atoms with Gasteiger partial charge < -0.3 is 10.0 Å². The monoisotopic (exact) mass is 320 g/mol. The van der Waals surface area contributed by atoms with Gasteiger partial charge in [-0.15, -0.1) is 0 Å². The molecule has 2 aromatic carbocycles. The van der Waals surface area contributed by atoms with Gasteiger partial charge in [-0.05, 0) is 48.8 Å². The van der Waals surface area contributed by atoms with Gasteiger partial charge in [-0.2, -0.15) is 0 Å². The van der Waals surface area contributed by atoms with Crippen molar-refractivity contribution in [2.45, 2.75) is 12.8 Å². The van der Waals surface area contributed by atoms with E-state index < -0.39 is 0 Å². The van der Waals surface area contributed by atoms with E-state index in [4.69, 9.17) is 0 Å². The second-order valence-electron chi connectivity index (χ2n) is 6.31. The molecule has 1 N–H and O–H groups in total. The number of amides is 1. The average molecular weight is 320 g/mol. The summed E-state index contributed by atoms with van der Waals surface area (Å²) in [7, 11) is 0. The molecule has 0 atom stereocenters. The van der Waals surface area contributed by atoms with Crippen molar-refractivity contribution in [3.63, 3.8) is 0 Å². The van der Waals surface area contributed by atoms with Gasteiger partial charge in [0.25, 0.3) is 0 Å². The highest BCUT2D eigenvalue weighted by Crippen LogP contribution is 2.38. The lowest BCUT2D eigenvalue weighted by molar-refractivity contribution is -0.118. The lowest BCUT2D eigenvalue weighted by Gasteiger charge is -2.31. The fraction of sp³-hybridized carbons (Fsp3) is 0.250. The maximum Gasteiger partial charge on any atom is 0.232 e. The minimum Gasteiger partial charge on any atom is -0.508 e. The summed E-state index contributed by atoms with van der Waals surface area (Å²) in [5.74, 6) is 0.229. The summed E-state index contributed by atoms with van der Waals surface area (Å²) in [6.45, 7) is 2.96. The Labute approximate surface area is 141 Å². The molecule has 122 valence electrons. The van der Waals surface area contributed by atoms with Crippen LogP contribution in [0, 0.1) is 0 Å². The van der Waals surface area contributed by atoms with Crippen LogP contribution in [0.2, 0.25) is 0 Å². The molecule has 2 aliphatic rings. The third-order valence-electron chi connectivity index (χ3n) is 4.72. The highest BCUT2D eigenvalue weighted by molar-refractivity contribution is 6.06. The van der Waals surface area contributed by atoms with Crippen LogP contribution in [-0.4, -0.2) is 35.5 Å². The molecule has 0 aromatic heterocycles. The van der Waals surface area contributed by atoms with Gasteiger partial charge in [0, 0.05) is 19.0 Å². The van der Waals surface area contributed by atoms with Crippen molar-refractivity contribution in [3.8, 4) is 5.75 Å². The highest BCUT2D eigenvalue weighted by Gasteiger charge is 2.25. The van der Waals surface area contributed by atoms with Gasteiger partial charge in [0.05, 0.1) is 11.4 Å². The van der Waals surface area contributed by atoms with Crippen molar-refractivity contribution in [1.82, 2.24) is 4.90 Å². The van der Waals surface area contributed by atoms with Crippen molar-refractivity contribution < 1.29 is 9.90 Å². The summed E-state index contributed by atoms with van der Waals surface area (Å²) in [5, 5.41) is 9.92. The van der Waals surface area contributed by atoms with E-state index in [1.165, 1.54) is 6.42 Å². The van der Waals surface area contributed by atoms with E-state index in [1.54, 1.807) is 17.0 Å². The molecule has 2 aliphatic heterocycles. The summed E-state index contributed by atoms with van der Waals surface area (Å²) < 4.78 is 0. The molecule has 2 heterocycles. The number of likely N-dealkylation sites (tertiary alicyclic amines) is 1. The van der Waals surface area contributed by atoms with Gasteiger partial charge in [0.15, 0.2) is 0 Å². The van der Waals surface area contributed by atoms with Gasteiger partial charge in [0.1, 0.15) is 5.75 Å². The number of phenolic OH excluding ortho intramolecular Hbond substituents is 1. The second-order valence-corrected chi connectivity index (χ2v) is 6.31. The predicted octanol–water partition coefficient (Wildman–Crippen LogP) is 3.64. The Morgan fingerprint density at radius 3 is 2.50 bits per heavy atom. The Bertz CT molecular complexity index is 809. The van der Waals surface area contributed by atoms with Crippen molar-refractivity contribution in [1.29, 1.82) is 0 Å². The van der Waals surface area contributed by atoms with Crippen molar-refractivity contribution in [2.24, 2.45) is 0 Å². The standard InChI is InChI=1S/C20H20N2O2/c23-17-9-8-16-7-6-15-4-1-2-5-18(15)22(19(16)14-17)20(24)10-13-21-11-3-12-21/h1-2,4-9,14,23H,3,10-13H2. The number of para-hydroxylation sites is 1. The molecule has 0 bridgehead atoms. The number of phenols is 1. The Balaban J connectivity index is 1.74. The molecule has 4 nitrogen and oxygen atoms in total. The molecular formula is C20H20N2O2. The number of aromatic hydroxyl groups is 1. The van der Waals surface area contributed by atoms with Crippen LogP contribution in [0.4, 0.5) is 11.4 Å². The van der Waals surface area contributed by atoms with Crippen LogP contribution in [0.15, 0.2) is 42.5 Å². The van der Waals surface area contributed by atoms with Crippen LogP contribution in [0.1, 0.15) is 24.0 Å². The highest BCUT2D eigenvalue weighted by atomic mass is 16.3. The van der Waals surface area contributed by atoms with E-state index in [0.29, 0.717) is 6.42 Å². The van der Waals surface area contributed by atoms with Crippen LogP contribution in [0.3, 0.4) is 0 Å². The molecule has 1 fully saturated rings. The minimum absolute atomic E-state index is 0.0601. The number of nitrogens with zero attached hydrogens (tertiary/aromatic N) is 2. The van der Waals surface area contributed by atoms with Crippen molar-refractivity contribution >= 4 is 29.4 Å². The Hall–Kier alpha value is -2.59. The third-order valence-corrected chi connectivity index (χ3v) is 4.72.